The molecular weight excluding hydrogens is 310 g/mol. The maximum atomic E-state index is 6.35. The van der Waals surface area contributed by atoms with Gasteiger partial charge in [0.15, 0.2) is 0 Å². The summed E-state index contributed by atoms with van der Waals surface area (Å²) >= 11 is 5.96. The molecule has 5 heteroatoms. The Kier molecular flexibility index (Phi) is 4.08. The molecule has 0 amide bonds. The molecule has 1 aliphatic carbocycles. The van der Waals surface area contributed by atoms with Crippen molar-refractivity contribution in [3.05, 3.63) is 47.4 Å². The van der Waals surface area contributed by atoms with Crippen LogP contribution in [0.25, 0.3) is 0 Å². The highest BCUT2D eigenvalue weighted by atomic mass is 35.5. The van der Waals surface area contributed by atoms with Crippen LogP contribution in [0.4, 0.5) is 5.82 Å². The van der Waals surface area contributed by atoms with Gasteiger partial charge in [0.25, 0.3) is 0 Å². The highest BCUT2D eigenvalue weighted by molar-refractivity contribution is 6.29. The van der Waals surface area contributed by atoms with Crippen LogP contribution >= 0.6 is 11.6 Å². The van der Waals surface area contributed by atoms with Gasteiger partial charge in [0, 0.05) is 6.54 Å². The highest BCUT2D eigenvalue weighted by Gasteiger charge is 2.28. The zero-order valence-corrected chi connectivity index (χ0v) is 13.7. The topological polar surface area (TPSA) is 38.2 Å². The van der Waals surface area contributed by atoms with Crippen molar-refractivity contribution in [2.45, 2.75) is 37.7 Å². The first-order valence-electron chi connectivity index (χ1n) is 8.27. The summed E-state index contributed by atoms with van der Waals surface area (Å²) in [6.45, 7) is 1.80. The van der Waals surface area contributed by atoms with Crippen LogP contribution in [-0.2, 0) is 0 Å². The summed E-state index contributed by atoms with van der Waals surface area (Å²) in [5.74, 6) is 2.59. The zero-order valence-electron chi connectivity index (χ0n) is 13.0. The third kappa shape index (κ3) is 3.42. The van der Waals surface area contributed by atoms with Gasteiger partial charge in [0.05, 0.1) is 18.9 Å². The summed E-state index contributed by atoms with van der Waals surface area (Å²) in [5, 5.41) is 0.435. The van der Waals surface area contributed by atoms with E-state index in [1.54, 1.807) is 12.4 Å². The number of nitrogens with zero attached hydrogens (tertiary/aromatic N) is 3. The highest BCUT2D eigenvalue weighted by Crippen LogP contribution is 2.44. The number of hydrogen-bond donors (Lipinski definition) is 0. The molecule has 1 aromatic heterocycles. The molecule has 1 atom stereocenters. The van der Waals surface area contributed by atoms with E-state index in [4.69, 9.17) is 16.3 Å². The average molecular weight is 330 g/mol. The minimum atomic E-state index is 0.185. The van der Waals surface area contributed by atoms with E-state index in [0.29, 0.717) is 11.1 Å². The number of hydrogen-bond acceptors (Lipinski definition) is 4. The average Bonchev–Trinajstić information content (AvgIpc) is 3.41. The number of ether oxygens (including phenoxy) is 1. The predicted octanol–water partition coefficient (Wildman–Crippen LogP) is 4.06. The quantitative estimate of drug-likeness (QED) is 0.848. The first-order valence-corrected chi connectivity index (χ1v) is 8.65. The molecular formula is C18H20ClN3O. The fourth-order valence-corrected chi connectivity index (χ4v) is 3.37. The van der Waals surface area contributed by atoms with Gasteiger partial charge in [-0.1, -0.05) is 29.8 Å². The van der Waals surface area contributed by atoms with Gasteiger partial charge in [-0.05, 0) is 43.2 Å². The van der Waals surface area contributed by atoms with Crippen LogP contribution in [-0.4, -0.2) is 29.2 Å². The molecule has 2 heterocycles. The number of para-hydroxylation sites is 1. The molecule has 23 heavy (non-hydrogen) atoms. The lowest BCUT2D eigenvalue weighted by Crippen LogP contribution is -2.41. The third-order valence-electron chi connectivity index (χ3n) is 4.52. The summed E-state index contributed by atoms with van der Waals surface area (Å²) in [5.41, 5.74) is 1.37. The molecule has 0 radical (unpaired) electrons. The molecule has 120 valence electrons. The van der Waals surface area contributed by atoms with E-state index in [1.165, 1.54) is 18.4 Å². The van der Waals surface area contributed by atoms with E-state index in [-0.39, 0.29) is 6.10 Å². The van der Waals surface area contributed by atoms with Crippen LogP contribution in [0.2, 0.25) is 5.15 Å². The Bertz CT molecular complexity index is 689. The van der Waals surface area contributed by atoms with E-state index in [0.717, 1.165) is 37.5 Å². The van der Waals surface area contributed by atoms with Gasteiger partial charge < -0.3 is 9.64 Å². The van der Waals surface area contributed by atoms with E-state index < -0.39 is 0 Å². The van der Waals surface area contributed by atoms with Crippen molar-refractivity contribution >= 4 is 17.4 Å². The van der Waals surface area contributed by atoms with Gasteiger partial charge in [-0.2, -0.15) is 0 Å². The molecule has 1 aromatic carbocycles. The standard InChI is InChI=1S/C18H20ClN3O/c19-17-10-20-11-18(21-17)22-9-3-4-14(12-22)23-16-6-2-1-5-15(16)13-7-8-13/h1-2,5-6,10-11,13-14H,3-4,7-9,12H2/t14-/m1/s1. The summed E-state index contributed by atoms with van der Waals surface area (Å²) in [6.07, 6.45) is 8.25. The van der Waals surface area contributed by atoms with Gasteiger partial charge in [-0.3, -0.25) is 4.98 Å². The first-order chi connectivity index (χ1) is 11.3. The molecule has 2 aromatic rings. The maximum absolute atomic E-state index is 6.35. The SMILES string of the molecule is Clc1cncc(N2CCC[C@@H](Oc3ccccc3C3CC3)C2)n1. The minimum absolute atomic E-state index is 0.185. The lowest BCUT2D eigenvalue weighted by Gasteiger charge is -2.33. The van der Waals surface area contributed by atoms with E-state index in [1.807, 2.05) is 0 Å². The summed E-state index contributed by atoms with van der Waals surface area (Å²) < 4.78 is 6.35. The number of piperidine rings is 1. The molecule has 0 N–H and O–H groups in total. The van der Waals surface area contributed by atoms with Crippen molar-refractivity contribution < 1.29 is 4.74 Å². The molecule has 4 rings (SSSR count). The van der Waals surface area contributed by atoms with Crippen LogP contribution < -0.4 is 9.64 Å². The van der Waals surface area contributed by atoms with Gasteiger partial charge >= 0.3 is 0 Å². The van der Waals surface area contributed by atoms with Crippen molar-refractivity contribution in [1.82, 2.24) is 9.97 Å². The second kappa shape index (κ2) is 6.36. The van der Waals surface area contributed by atoms with Gasteiger partial charge in [0.2, 0.25) is 0 Å². The maximum Gasteiger partial charge on any atom is 0.149 e. The first kappa shape index (κ1) is 14.8. The van der Waals surface area contributed by atoms with Crippen molar-refractivity contribution in [3.8, 4) is 5.75 Å². The Balaban J connectivity index is 1.48. The Morgan fingerprint density at radius 1 is 1.13 bits per heavy atom. The Hall–Kier alpha value is -1.81. The summed E-state index contributed by atoms with van der Waals surface area (Å²) in [7, 11) is 0. The minimum Gasteiger partial charge on any atom is -0.488 e. The largest absolute Gasteiger partial charge is 0.488 e. The van der Waals surface area contributed by atoms with Crippen molar-refractivity contribution in [3.63, 3.8) is 0 Å². The summed E-state index contributed by atoms with van der Waals surface area (Å²) in [4.78, 5) is 10.7. The second-order valence-corrected chi connectivity index (χ2v) is 6.73. The van der Waals surface area contributed by atoms with Crippen molar-refractivity contribution in [2.75, 3.05) is 18.0 Å². The third-order valence-corrected chi connectivity index (χ3v) is 4.71. The summed E-state index contributed by atoms with van der Waals surface area (Å²) in [6, 6.07) is 8.47. The molecule has 4 nitrogen and oxygen atoms in total. The monoisotopic (exact) mass is 329 g/mol. The number of halogens is 1. The number of anilines is 1. The van der Waals surface area contributed by atoms with E-state index in [9.17, 15) is 0 Å². The Morgan fingerprint density at radius 2 is 2.00 bits per heavy atom. The molecule has 0 spiro atoms. The smallest absolute Gasteiger partial charge is 0.149 e. The molecule has 1 aliphatic heterocycles. The fourth-order valence-electron chi connectivity index (χ4n) is 3.23. The Morgan fingerprint density at radius 3 is 2.83 bits per heavy atom. The van der Waals surface area contributed by atoms with Gasteiger partial charge in [-0.25, -0.2) is 4.98 Å². The van der Waals surface area contributed by atoms with Crippen LogP contribution in [0, 0.1) is 0 Å². The number of rotatable bonds is 4. The second-order valence-electron chi connectivity index (χ2n) is 6.34. The normalized spacial score (nSPS) is 21.3. The van der Waals surface area contributed by atoms with Crippen LogP contribution in [0.1, 0.15) is 37.2 Å². The zero-order chi connectivity index (χ0) is 15.6. The van der Waals surface area contributed by atoms with Crippen LogP contribution in [0.5, 0.6) is 5.75 Å². The number of benzene rings is 1. The fraction of sp³-hybridized carbons (Fsp3) is 0.444. The molecule has 1 saturated heterocycles. The Labute approximate surface area is 141 Å². The molecule has 2 aliphatic rings. The molecule has 1 saturated carbocycles. The van der Waals surface area contributed by atoms with Gasteiger partial charge in [0.1, 0.15) is 22.8 Å². The van der Waals surface area contributed by atoms with E-state index >= 15 is 0 Å². The van der Waals surface area contributed by atoms with Crippen LogP contribution in [0.3, 0.4) is 0 Å². The molecule has 0 unspecified atom stereocenters. The van der Waals surface area contributed by atoms with Crippen molar-refractivity contribution in [2.24, 2.45) is 0 Å². The number of aromatic nitrogens is 2. The van der Waals surface area contributed by atoms with Crippen molar-refractivity contribution in [1.29, 1.82) is 0 Å². The lowest BCUT2D eigenvalue weighted by molar-refractivity contribution is 0.177. The van der Waals surface area contributed by atoms with Gasteiger partial charge in [-0.15, -0.1) is 0 Å². The predicted molar refractivity (Wildman–Crippen MR) is 91.3 cm³/mol. The van der Waals surface area contributed by atoms with E-state index in [2.05, 4.69) is 39.1 Å². The molecule has 0 bridgehead atoms. The lowest BCUT2D eigenvalue weighted by atomic mass is 10.1. The van der Waals surface area contributed by atoms with Crippen LogP contribution in [0.15, 0.2) is 36.7 Å². The molecule has 2 fully saturated rings.